The summed E-state index contributed by atoms with van der Waals surface area (Å²) < 4.78 is 0. The Labute approximate surface area is 107 Å². The van der Waals surface area contributed by atoms with E-state index < -0.39 is 0 Å². The van der Waals surface area contributed by atoms with Crippen LogP contribution in [0.4, 0.5) is 0 Å². The molecule has 1 saturated heterocycles. The van der Waals surface area contributed by atoms with E-state index in [0.29, 0.717) is 6.04 Å². The molecule has 0 bridgehead atoms. The molecule has 17 heavy (non-hydrogen) atoms. The van der Waals surface area contributed by atoms with E-state index in [-0.39, 0.29) is 5.54 Å². The van der Waals surface area contributed by atoms with E-state index >= 15 is 0 Å². The number of hydrogen-bond donors (Lipinski definition) is 1. The molecule has 2 atom stereocenters. The highest BCUT2D eigenvalue weighted by Gasteiger charge is 2.33. The van der Waals surface area contributed by atoms with Crippen molar-refractivity contribution in [3.8, 4) is 0 Å². The zero-order chi connectivity index (χ0) is 12.9. The third kappa shape index (κ3) is 3.94. The Kier molecular flexibility index (Phi) is 5.90. The fourth-order valence-electron chi connectivity index (χ4n) is 2.68. The van der Waals surface area contributed by atoms with Gasteiger partial charge in [0.05, 0.1) is 0 Å². The van der Waals surface area contributed by atoms with Crippen LogP contribution in [0.5, 0.6) is 0 Å². The molecule has 102 valence electrons. The third-order valence-electron chi connectivity index (χ3n) is 4.48. The molecule has 2 unspecified atom stereocenters. The normalized spacial score (nSPS) is 27.0. The Morgan fingerprint density at radius 3 is 2.53 bits per heavy atom. The van der Waals surface area contributed by atoms with Crippen molar-refractivity contribution >= 4 is 0 Å². The highest BCUT2D eigenvalue weighted by Crippen LogP contribution is 2.24. The number of rotatable bonds is 6. The van der Waals surface area contributed by atoms with Gasteiger partial charge < -0.3 is 10.6 Å². The summed E-state index contributed by atoms with van der Waals surface area (Å²) in [5.41, 5.74) is 6.26. The lowest BCUT2D eigenvalue weighted by molar-refractivity contribution is 0.0218. The van der Waals surface area contributed by atoms with Crippen LogP contribution in [0.2, 0.25) is 0 Å². The predicted octanol–water partition coefficient (Wildman–Crippen LogP) is 1.92. The molecule has 1 heterocycles. The van der Waals surface area contributed by atoms with Gasteiger partial charge in [-0.2, -0.15) is 0 Å². The second-order valence-electron chi connectivity index (χ2n) is 5.93. The molecule has 0 spiro atoms. The van der Waals surface area contributed by atoms with E-state index in [2.05, 4.69) is 37.6 Å². The minimum atomic E-state index is 0.213. The Morgan fingerprint density at radius 2 is 2.00 bits per heavy atom. The van der Waals surface area contributed by atoms with Crippen molar-refractivity contribution in [2.45, 2.75) is 58.0 Å². The number of nitrogens with two attached hydrogens (primary N) is 1. The van der Waals surface area contributed by atoms with E-state index in [1.54, 1.807) is 0 Å². The number of piperazine rings is 1. The molecule has 1 aliphatic heterocycles. The molecular formula is C14H31N3. The van der Waals surface area contributed by atoms with Gasteiger partial charge in [0.2, 0.25) is 0 Å². The molecule has 1 aliphatic rings. The van der Waals surface area contributed by atoms with Crippen LogP contribution >= 0.6 is 0 Å². The minimum Gasteiger partial charge on any atom is -0.329 e. The first-order valence-electron chi connectivity index (χ1n) is 7.19. The second kappa shape index (κ2) is 6.72. The van der Waals surface area contributed by atoms with Gasteiger partial charge in [0, 0.05) is 37.8 Å². The molecule has 2 N–H and O–H groups in total. The number of unbranched alkanes of at least 4 members (excludes halogenated alkanes) is 2. The lowest BCUT2D eigenvalue weighted by atomic mass is 9.91. The molecule has 3 nitrogen and oxygen atoms in total. The van der Waals surface area contributed by atoms with Crippen molar-refractivity contribution < 1.29 is 0 Å². The summed E-state index contributed by atoms with van der Waals surface area (Å²) in [6.07, 6.45) is 5.18. The monoisotopic (exact) mass is 241 g/mol. The SMILES string of the molecule is CCCCCC(C)(CN)N1CCN(C)C(C)C1. The zero-order valence-corrected chi connectivity index (χ0v) is 12.2. The summed E-state index contributed by atoms with van der Waals surface area (Å²) in [5.74, 6) is 0. The highest BCUT2D eigenvalue weighted by atomic mass is 15.3. The van der Waals surface area contributed by atoms with Gasteiger partial charge in [0.15, 0.2) is 0 Å². The maximum absolute atomic E-state index is 6.04. The van der Waals surface area contributed by atoms with Gasteiger partial charge in [-0.25, -0.2) is 0 Å². The molecule has 0 saturated carbocycles. The van der Waals surface area contributed by atoms with E-state index in [1.165, 1.54) is 38.8 Å². The Morgan fingerprint density at radius 1 is 1.29 bits per heavy atom. The standard InChI is InChI=1S/C14H31N3/c1-5-6-7-8-14(3,12-15)17-10-9-16(4)13(2)11-17/h13H,5-12,15H2,1-4H3. The van der Waals surface area contributed by atoms with E-state index in [0.717, 1.165) is 13.1 Å². The first kappa shape index (κ1) is 14.9. The predicted molar refractivity (Wildman–Crippen MR) is 75.3 cm³/mol. The van der Waals surface area contributed by atoms with Crippen LogP contribution < -0.4 is 5.73 Å². The minimum absolute atomic E-state index is 0.213. The van der Waals surface area contributed by atoms with Crippen molar-refractivity contribution in [1.82, 2.24) is 9.80 Å². The summed E-state index contributed by atoms with van der Waals surface area (Å²) in [6, 6.07) is 0.654. The van der Waals surface area contributed by atoms with Crippen LogP contribution in [0.15, 0.2) is 0 Å². The van der Waals surface area contributed by atoms with Gasteiger partial charge in [-0.15, -0.1) is 0 Å². The van der Waals surface area contributed by atoms with Crippen molar-refractivity contribution in [2.75, 3.05) is 33.2 Å². The second-order valence-corrected chi connectivity index (χ2v) is 5.93. The largest absolute Gasteiger partial charge is 0.329 e. The van der Waals surface area contributed by atoms with Gasteiger partial charge in [-0.1, -0.05) is 26.2 Å². The van der Waals surface area contributed by atoms with Gasteiger partial charge >= 0.3 is 0 Å². The van der Waals surface area contributed by atoms with Crippen molar-refractivity contribution in [3.63, 3.8) is 0 Å². The lowest BCUT2D eigenvalue weighted by Crippen LogP contribution is -2.60. The molecular weight excluding hydrogens is 210 g/mol. The fraction of sp³-hybridized carbons (Fsp3) is 1.00. The highest BCUT2D eigenvalue weighted by molar-refractivity contribution is 4.91. The average Bonchev–Trinajstić information content (AvgIpc) is 2.32. The Balaban J connectivity index is 2.53. The van der Waals surface area contributed by atoms with Gasteiger partial charge in [0.1, 0.15) is 0 Å². The third-order valence-corrected chi connectivity index (χ3v) is 4.48. The maximum atomic E-state index is 6.04. The molecule has 0 aromatic carbocycles. The van der Waals surface area contributed by atoms with Gasteiger partial charge in [-0.3, -0.25) is 4.90 Å². The van der Waals surface area contributed by atoms with Crippen molar-refractivity contribution in [3.05, 3.63) is 0 Å². The Bertz CT molecular complexity index is 220. The summed E-state index contributed by atoms with van der Waals surface area (Å²) in [7, 11) is 2.22. The molecule has 1 rings (SSSR count). The summed E-state index contributed by atoms with van der Waals surface area (Å²) >= 11 is 0. The summed E-state index contributed by atoms with van der Waals surface area (Å²) in [5, 5.41) is 0. The molecule has 0 aromatic rings. The topological polar surface area (TPSA) is 32.5 Å². The number of likely N-dealkylation sites (N-methyl/N-ethyl adjacent to an activating group) is 1. The van der Waals surface area contributed by atoms with E-state index in [4.69, 9.17) is 5.73 Å². The summed E-state index contributed by atoms with van der Waals surface area (Å²) in [6.45, 7) is 11.2. The van der Waals surface area contributed by atoms with Gasteiger partial charge in [-0.05, 0) is 27.3 Å². The molecule has 0 aromatic heterocycles. The van der Waals surface area contributed by atoms with Crippen LogP contribution in [-0.4, -0.2) is 54.6 Å². The van der Waals surface area contributed by atoms with Crippen LogP contribution in [0.1, 0.15) is 46.5 Å². The zero-order valence-electron chi connectivity index (χ0n) is 12.2. The van der Waals surface area contributed by atoms with E-state index in [1.807, 2.05) is 0 Å². The number of hydrogen-bond acceptors (Lipinski definition) is 3. The number of nitrogens with zero attached hydrogens (tertiary/aromatic N) is 2. The van der Waals surface area contributed by atoms with Crippen LogP contribution in [0.3, 0.4) is 0 Å². The molecule has 0 aliphatic carbocycles. The summed E-state index contributed by atoms with van der Waals surface area (Å²) in [4.78, 5) is 5.06. The fourth-order valence-corrected chi connectivity index (χ4v) is 2.68. The van der Waals surface area contributed by atoms with Crippen molar-refractivity contribution in [1.29, 1.82) is 0 Å². The quantitative estimate of drug-likeness (QED) is 0.721. The van der Waals surface area contributed by atoms with Crippen LogP contribution in [0.25, 0.3) is 0 Å². The molecule has 3 heteroatoms. The lowest BCUT2D eigenvalue weighted by Gasteiger charge is -2.47. The maximum Gasteiger partial charge on any atom is 0.0304 e. The average molecular weight is 241 g/mol. The van der Waals surface area contributed by atoms with E-state index in [9.17, 15) is 0 Å². The van der Waals surface area contributed by atoms with Crippen molar-refractivity contribution in [2.24, 2.45) is 5.73 Å². The van der Waals surface area contributed by atoms with Gasteiger partial charge in [0.25, 0.3) is 0 Å². The Hall–Kier alpha value is -0.120. The van der Waals surface area contributed by atoms with Crippen LogP contribution in [-0.2, 0) is 0 Å². The molecule has 0 amide bonds. The first-order chi connectivity index (χ1) is 8.03. The smallest absolute Gasteiger partial charge is 0.0304 e. The van der Waals surface area contributed by atoms with Crippen LogP contribution in [0, 0.1) is 0 Å². The molecule has 0 radical (unpaired) electrons. The molecule has 1 fully saturated rings. The first-order valence-corrected chi connectivity index (χ1v) is 7.19.